The van der Waals surface area contributed by atoms with E-state index in [2.05, 4.69) is 17.6 Å². The van der Waals surface area contributed by atoms with Gasteiger partial charge in [-0.25, -0.2) is 4.98 Å². The Morgan fingerprint density at radius 3 is 3.00 bits per heavy atom. The number of rotatable bonds is 4. The predicted octanol–water partition coefficient (Wildman–Crippen LogP) is 2.22. The van der Waals surface area contributed by atoms with E-state index in [9.17, 15) is 9.59 Å². The van der Waals surface area contributed by atoms with Gasteiger partial charge in [0.1, 0.15) is 5.01 Å². The molecule has 0 bridgehead atoms. The highest BCUT2D eigenvalue weighted by Crippen LogP contribution is 2.27. The lowest BCUT2D eigenvalue weighted by Gasteiger charge is -2.25. The van der Waals surface area contributed by atoms with E-state index in [1.165, 1.54) is 24.5 Å². The molecule has 1 unspecified atom stereocenters. The molecule has 0 aromatic carbocycles. The largest absolute Gasteiger partial charge is 0.469 e. The van der Waals surface area contributed by atoms with E-state index in [0.29, 0.717) is 18.8 Å². The SMILES string of the molecule is C=CC(=O)N1CCC=C(c2nc(C(C)C(=O)OC)cs2)C1. The average molecular weight is 306 g/mol. The molecule has 2 rings (SSSR count). The second-order valence-electron chi connectivity index (χ2n) is 4.80. The number of hydrogen-bond acceptors (Lipinski definition) is 5. The summed E-state index contributed by atoms with van der Waals surface area (Å²) in [5.41, 5.74) is 1.72. The van der Waals surface area contributed by atoms with Gasteiger partial charge < -0.3 is 9.64 Å². The van der Waals surface area contributed by atoms with Crippen molar-refractivity contribution in [1.29, 1.82) is 0 Å². The molecule has 1 aliphatic rings. The Labute approximate surface area is 127 Å². The number of aromatic nitrogens is 1. The number of esters is 1. The molecule has 0 saturated carbocycles. The van der Waals surface area contributed by atoms with Gasteiger partial charge in [0.2, 0.25) is 5.91 Å². The van der Waals surface area contributed by atoms with Gasteiger partial charge in [0.25, 0.3) is 0 Å². The summed E-state index contributed by atoms with van der Waals surface area (Å²) in [7, 11) is 1.37. The molecule has 0 radical (unpaired) electrons. The number of hydrogen-bond donors (Lipinski definition) is 0. The number of ether oxygens (including phenoxy) is 1. The fourth-order valence-electron chi connectivity index (χ4n) is 2.15. The van der Waals surface area contributed by atoms with E-state index in [4.69, 9.17) is 4.74 Å². The Balaban J connectivity index is 2.14. The second kappa shape index (κ2) is 6.67. The Bertz CT molecular complexity index is 591. The van der Waals surface area contributed by atoms with Crippen molar-refractivity contribution in [3.05, 3.63) is 34.8 Å². The van der Waals surface area contributed by atoms with Gasteiger partial charge >= 0.3 is 5.97 Å². The highest BCUT2D eigenvalue weighted by molar-refractivity contribution is 7.10. The molecule has 21 heavy (non-hydrogen) atoms. The van der Waals surface area contributed by atoms with Crippen molar-refractivity contribution in [1.82, 2.24) is 9.88 Å². The van der Waals surface area contributed by atoms with E-state index >= 15 is 0 Å². The summed E-state index contributed by atoms with van der Waals surface area (Å²) in [5.74, 6) is -0.747. The molecule has 0 fully saturated rings. The van der Waals surface area contributed by atoms with E-state index in [0.717, 1.165) is 17.0 Å². The highest BCUT2D eigenvalue weighted by Gasteiger charge is 2.22. The van der Waals surface area contributed by atoms with Crippen LogP contribution in [-0.4, -0.2) is 42.0 Å². The monoisotopic (exact) mass is 306 g/mol. The molecule has 0 N–H and O–H groups in total. The van der Waals surface area contributed by atoms with Crippen LogP contribution >= 0.6 is 11.3 Å². The van der Waals surface area contributed by atoms with Crippen LogP contribution in [0.4, 0.5) is 0 Å². The molecule has 5 nitrogen and oxygen atoms in total. The number of carbonyl (C=O) groups is 2. The molecule has 0 aliphatic carbocycles. The average Bonchev–Trinajstić information content (AvgIpc) is 3.02. The van der Waals surface area contributed by atoms with E-state index in [1.54, 1.807) is 11.8 Å². The molecule has 0 saturated heterocycles. The number of carbonyl (C=O) groups excluding carboxylic acids is 2. The van der Waals surface area contributed by atoms with Gasteiger partial charge in [-0.05, 0) is 19.4 Å². The van der Waals surface area contributed by atoms with Crippen LogP contribution in [0.25, 0.3) is 5.57 Å². The van der Waals surface area contributed by atoms with Crippen LogP contribution in [0.15, 0.2) is 24.1 Å². The van der Waals surface area contributed by atoms with E-state index < -0.39 is 0 Å². The molecule has 0 spiro atoms. The molecular formula is C15H18N2O3S. The molecule has 1 amide bonds. The van der Waals surface area contributed by atoms with Crippen molar-refractivity contribution in [2.75, 3.05) is 20.2 Å². The van der Waals surface area contributed by atoms with Gasteiger partial charge in [0, 0.05) is 24.0 Å². The number of thiazole rings is 1. The molecule has 1 atom stereocenters. The maximum absolute atomic E-state index is 11.7. The minimum atomic E-state index is -0.380. The molecule has 1 aromatic heterocycles. The third-order valence-electron chi connectivity index (χ3n) is 3.43. The minimum absolute atomic E-state index is 0.0692. The summed E-state index contributed by atoms with van der Waals surface area (Å²) in [6.07, 6.45) is 4.23. The van der Waals surface area contributed by atoms with Gasteiger partial charge in [-0.2, -0.15) is 0 Å². The maximum Gasteiger partial charge on any atom is 0.314 e. The topological polar surface area (TPSA) is 59.5 Å². The first kappa shape index (κ1) is 15.4. The summed E-state index contributed by atoms with van der Waals surface area (Å²) >= 11 is 1.48. The highest BCUT2D eigenvalue weighted by atomic mass is 32.1. The first-order chi connectivity index (χ1) is 10.1. The first-order valence-electron chi connectivity index (χ1n) is 6.70. The quantitative estimate of drug-likeness (QED) is 0.632. The lowest BCUT2D eigenvalue weighted by Crippen LogP contribution is -2.34. The van der Waals surface area contributed by atoms with Crippen molar-refractivity contribution in [3.63, 3.8) is 0 Å². The third-order valence-corrected chi connectivity index (χ3v) is 4.37. The fraction of sp³-hybridized carbons (Fsp3) is 0.400. The predicted molar refractivity (Wildman–Crippen MR) is 81.9 cm³/mol. The third kappa shape index (κ3) is 3.39. The van der Waals surface area contributed by atoms with Crippen LogP contribution in [0, 0.1) is 0 Å². The summed E-state index contributed by atoms with van der Waals surface area (Å²) in [6, 6.07) is 0. The number of nitrogens with zero attached hydrogens (tertiary/aromatic N) is 2. The smallest absolute Gasteiger partial charge is 0.314 e. The molecule has 112 valence electrons. The van der Waals surface area contributed by atoms with Gasteiger partial charge in [0.05, 0.1) is 18.7 Å². The van der Waals surface area contributed by atoms with Crippen molar-refractivity contribution in [3.8, 4) is 0 Å². The van der Waals surface area contributed by atoms with Gasteiger partial charge in [-0.15, -0.1) is 11.3 Å². The fourth-order valence-corrected chi connectivity index (χ4v) is 3.09. The van der Waals surface area contributed by atoms with Crippen molar-refractivity contribution in [2.45, 2.75) is 19.3 Å². The van der Waals surface area contributed by atoms with Gasteiger partial charge in [0.15, 0.2) is 0 Å². The van der Waals surface area contributed by atoms with Crippen molar-refractivity contribution >= 4 is 28.8 Å². The maximum atomic E-state index is 11.7. The van der Waals surface area contributed by atoms with Gasteiger partial charge in [-0.3, -0.25) is 9.59 Å². The Morgan fingerprint density at radius 1 is 1.57 bits per heavy atom. The lowest BCUT2D eigenvalue weighted by atomic mass is 10.1. The van der Waals surface area contributed by atoms with Crippen LogP contribution in [0.5, 0.6) is 0 Å². The van der Waals surface area contributed by atoms with E-state index in [-0.39, 0.29) is 17.8 Å². The number of methoxy groups -OCH3 is 1. The summed E-state index contributed by atoms with van der Waals surface area (Å²) < 4.78 is 4.73. The standard InChI is InChI=1S/C15H18N2O3S/c1-4-13(18)17-7-5-6-11(8-17)14-16-12(9-21-14)10(2)15(19)20-3/h4,6,9-10H,1,5,7-8H2,2-3H3. The Morgan fingerprint density at radius 2 is 2.33 bits per heavy atom. The first-order valence-corrected chi connectivity index (χ1v) is 7.58. The van der Waals surface area contributed by atoms with Crippen molar-refractivity contribution < 1.29 is 14.3 Å². The molecular weight excluding hydrogens is 288 g/mol. The van der Waals surface area contributed by atoms with Crippen LogP contribution in [0.2, 0.25) is 0 Å². The van der Waals surface area contributed by atoms with Crippen molar-refractivity contribution in [2.24, 2.45) is 0 Å². The number of amides is 1. The molecule has 6 heteroatoms. The lowest BCUT2D eigenvalue weighted by molar-refractivity contribution is -0.142. The van der Waals surface area contributed by atoms with Crippen LogP contribution in [0.3, 0.4) is 0 Å². The van der Waals surface area contributed by atoms with Crippen LogP contribution in [0.1, 0.15) is 30.0 Å². The zero-order valence-electron chi connectivity index (χ0n) is 12.2. The normalized spacial score (nSPS) is 16.1. The molecule has 1 aliphatic heterocycles. The zero-order chi connectivity index (χ0) is 15.4. The Kier molecular flexibility index (Phi) is 4.90. The van der Waals surface area contributed by atoms with Crippen LogP contribution < -0.4 is 0 Å². The molecule has 1 aromatic rings. The summed E-state index contributed by atoms with van der Waals surface area (Å²) in [5, 5.41) is 2.72. The minimum Gasteiger partial charge on any atom is -0.469 e. The van der Waals surface area contributed by atoms with Crippen LogP contribution in [-0.2, 0) is 14.3 Å². The van der Waals surface area contributed by atoms with Gasteiger partial charge in [-0.1, -0.05) is 12.7 Å². The zero-order valence-corrected chi connectivity index (χ0v) is 13.0. The summed E-state index contributed by atoms with van der Waals surface area (Å²) in [4.78, 5) is 29.5. The van der Waals surface area contributed by atoms with E-state index in [1.807, 2.05) is 5.38 Å². The Hall–Kier alpha value is -1.95. The second-order valence-corrected chi connectivity index (χ2v) is 5.66. The summed E-state index contributed by atoms with van der Waals surface area (Å²) in [6.45, 7) is 6.52. The molecule has 2 heterocycles.